The molecule has 0 saturated carbocycles. The summed E-state index contributed by atoms with van der Waals surface area (Å²) in [7, 11) is 0. The van der Waals surface area contributed by atoms with Crippen molar-refractivity contribution in [1.82, 2.24) is 0 Å². The molecule has 1 aromatic carbocycles. The topological polar surface area (TPSA) is 26.1 Å². The molecule has 0 saturated heterocycles. The minimum Gasteiger partial charge on any atom is -0.624 e. The second-order valence-corrected chi connectivity index (χ2v) is 5.31. The smallest absolute Gasteiger partial charge is 0.151 e. The molecule has 0 amide bonds. The molecule has 0 N–H and O–H groups in total. The van der Waals surface area contributed by atoms with Crippen LogP contribution in [0.15, 0.2) is 18.2 Å². The van der Waals surface area contributed by atoms with E-state index in [2.05, 4.69) is 39.0 Å². The first-order valence-electron chi connectivity index (χ1n) is 6.88. The molecule has 0 unspecified atom stereocenters. The van der Waals surface area contributed by atoms with Gasteiger partial charge >= 0.3 is 0 Å². The SMILES string of the molecule is CC[N+]([O-])=CCCc1ccc(CC(C)C)cc1C. The first kappa shape index (κ1) is 14.7. The minimum atomic E-state index is 0.534. The predicted molar refractivity (Wildman–Crippen MR) is 78.3 cm³/mol. The molecule has 0 aromatic heterocycles. The van der Waals surface area contributed by atoms with Gasteiger partial charge in [-0.2, -0.15) is 0 Å². The van der Waals surface area contributed by atoms with E-state index in [4.69, 9.17) is 0 Å². The van der Waals surface area contributed by atoms with Crippen molar-refractivity contribution in [2.75, 3.05) is 6.54 Å². The Morgan fingerprint density at radius 1 is 1.33 bits per heavy atom. The third kappa shape index (κ3) is 4.91. The molecule has 0 fully saturated rings. The third-order valence-corrected chi connectivity index (χ3v) is 3.11. The number of hydroxylamine groups is 1. The molecule has 0 aliphatic heterocycles. The first-order chi connectivity index (χ1) is 8.52. The van der Waals surface area contributed by atoms with Gasteiger partial charge in [0, 0.05) is 6.42 Å². The van der Waals surface area contributed by atoms with E-state index in [1.807, 2.05) is 6.92 Å². The second-order valence-electron chi connectivity index (χ2n) is 5.31. The molecule has 0 atom stereocenters. The Bertz CT molecular complexity index is 408. The minimum absolute atomic E-state index is 0.534. The Labute approximate surface area is 111 Å². The predicted octanol–water partition coefficient (Wildman–Crippen LogP) is 3.73. The van der Waals surface area contributed by atoms with Gasteiger partial charge in [0.25, 0.3) is 0 Å². The van der Waals surface area contributed by atoms with Gasteiger partial charge in [0.1, 0.15) is 6.54 Å². The van der Waals surface area contributed by atoms with Crippen molar-refractivity contribution in [2.45, 2.75) is 47.0 Å². The zero-order valence-corrected chi connectivity index (χ0v) is 12.1. The molecule has 0 aliphatic rings. The Hall–Kier alpha value is -1.31. The normalized spacial score (nSPS) is 12.2. The van der Waals surface area contributed by atoms with Gasteiger partial charge in [0.2, 0.25) is 0 Å². The van der Waals surface area contributed by atoms with Crippen molar-refractivity contribution in [1.29, 1.82) is 0 Å². The van der Waals surface area contributed by atoms with Crippen LogP contribution in [0.25, 0.3) is 0 Å². The number of nitrogens with zero attached hydrogens (tertiary/aromatic N) is 1. The van der Waals surface area contributed by atoms with E-state index in [1.54, 1.807) is 6.21 Å². The number of hydrogen-bond donors (Lipinski definition) is 0. The fraction of sp³-hybridized carbons (Fsp3) is 0.562. The molecule has 1 aromatic rings. The lowest BCUT2D eigenvalue weighted by molar-refractivity contribution is -0.449. The summed E-state index contributed by atoms with van der Waals surface area (Å²) >= 11 is 0. The van der Waals surface area contributed by atoms with Gasteiger partial charge in [-0.3, -0.25) is 0 Å². The summed E-state index contributed by atoms with van der Waals surface area (Å²) in [5.41, 5.74) is 4.10. The van der Waals surface area contributed by atoms with Crippen LogP contribution in [-0.4, -0.2) is 17.5 Å². The van der Waals surface area contributed by atoms with Crippen molar-refractivity contribution in [2.24, 2.45) is 5.92 Å². The van der Waals surface area contributed by atoms with Gasteiger partial charge in [-0.15, -0.1) is 0 Å². The lowest BCUT2D eigenvalue weighted by Crippen LogP contribution is -2.04. The van der Waals surface area contributed by atoms with Crippen LogP contribution < -0.4 is 0 Å². The summed E-state index contributed by atoms with van der Waals surface area (Å²) in [5, 5.41) is 11.1. The van der Waals surface area contributed by atoms with Crippen LogP contribution in [0.2, 0.25) is 0 Å². The van der Waals surface area contributed by atoms with E-state index in [1.165, 1.54) is 16.7 Å². The van der Waals surface area contributed by atoms with E-state index in [9.17, 15) is 5.21 Å². The highest BCUT2D eigenvalue weighted by molar-refractivity contribution is 5.52. The second kappa shape index (κ2) is 7.20. The van der Waals surface area contributed by atoms with E-state index in [-0.39, 0.29) is 0 Å². The van der Waals surface area contributed by atoms with E-state index in [0.29, 0.717) is 12.5 Å². The molecule has 1 rings (SSSR count). The molecule has 0 spiro atoms. The summed E-state index contributed by atoms with van der Waals surface area (Å²) in [6.07, 6.45) is 4.65. The van der Waals surface area contributed by atoms with Crippen LogP contribution in [0.1, 0.15) is 43.9 Å². The van der Waals surface area contributed by atoms with Crippen molar-refractivity contribution in [3.63, 3.8) is 0 Å². The third-order valence-electron chi connectivity index (χ3n) is 3.11. The molecule has 2 heteroatoms. The van der Waals surface area contributed by atoms with Gasteiger partial charge < -0.3 is 5.21 Å². The van der Waals surface area contributed by atoms with Crippen LogP contribution in [0.3, 0.4) is 0 Å². The van der Waals surface area contributed by atoms with Gasteiger partial charge in [-0.1, -0.05) is 32.0 Å². The highest BCUT2D eigenvalue weighted by atomic mass is 16.5. The zero-order valence-electron chi connectivity index (χ0n) is 12.1. The number of rotatable bonds is 6. The number of aryl methyl sites for hydroxylation is 2. The van der Waals surface area contributed by atoms with Crippen LogP contribution in [0.5, 0.6) is 0 Å². The highest BCUT2D eigenvalue weighted by Crippen LogP contribution is 2.15. The summed E-state index contributed by atoms with van der Waals surface area (Å²) in [6.45, 7) is 9.05. The Morgan fingerprint density at radius 2 is 2.06 bits per heavy atom. The van der Waals surface area contributed by atoms with Crippen LogP contribution in [0.4, 0.5) is 0 Å². The molecule has 18 heavy (non-hydrogen) atoms. The van der Waals surface area contributed by atoms with Crippen molar-refractivity contribution in [3.8, 4) is 0 Å². The van der Waals surface area contributed by atoms with Crippen molar-refractivity contribution >= 4 is 6.21 Å². The van der Waals surface area contributed by atoms with E-state index in [0.717, 1.165) is 24.0 Å². The van der Waals surface area contributed by atoms with Crippen molar-refractivity contribution < 1.29 is 4.74 Å². The van der Waals surface area contributed by atoms with Gasteiger partial charge in [0.15, 0.2) is 6.21 Å². The summed E-state index contributed by atoms with van der Waals surface area (Å²) in [4.78, 5) is 0. The lowest BCUT2D eigenvalue weighted by atomic mass is 9.97. The molecular formula is C16H25NO. The summed E-state index contributed by atoms with van der Waals surface area (Å²) in [6, 6.07) is 6.71. The maximum absolute atomic E-state index is 11.1. The molecule has 2 nitrogen and oxygen atoms in total. The molecular weight excluding hydrogens is 222 g/mol. The number of benzene rings is 1. The first-order valence-corrected chi connectivity index (χ1v) is 6.88. The van der Waals surface area contributed by atoms with Crippen LogP contribution in [-0.2, 0) is 12.8 Å². The monoisotopic (exact) mass is 247 g/mol. The van der Waals surface area contributed by atoms with Crippen LogP contribution in [0, 0.1) is 18.0 Å². The fourth-order valence-electron chi connectivity index (χ4n) is 2.13. The largest absolute Gasteiger partial charge is 0.624 e. The maximum atomic E-state index is 11.1. The summed E-state index contributed by atoms with van der Waals surface area (Å²) in [5.74, 6) is 0.696. The van der Waals surface area contributed by atoms with Gasteiger partial charge in [-0.25, -0.2) is 4.74 Å². The molecule has 0 heterocycles. The molecule has 0 radical (unpaired) electrons. The molecule has 100 valence electrons. The van der Waals surface area contributed by atoms with Gasteiger partial charge in [-0.05, 0) is 49.3 Å². The fourth-order valence-corrected chi connectivity index (χ4v) is 2.13. The summed E-state index contributed by atoms with van der Waals surface area (Å²) < 4.78 is 1.00. The lowest BCUT2D eigenvalue weighted by Gasteiger charge is -2.09. The average molecular weight is 247 g/mol. The zero-order chi connectivity index (χ0) is 13.5. The van der Waals surface area contributed by atoms with Crippen molar-refractivity contribution in [3.05, 3.63) is 40.1 Å². The van der Waals surface area contributed by atoms with E-state index >= 15 is 0 Å². The highest BCUT2D eigenvalue weighted by Gasteiger charge is 2.02. The maximum Gasteiger partial charge on any atom is 0.151 e. The Balaban J connectivity index is 2.62. The quantitative estimate of drug-likeness (QED) is 0.325. The van der Waals surface area contributed by atoms with Crippen LogP contribution >= 0.6 is 0 Å². The molecule has 0 bridgehead atoms. The molecule has 0 aliphatic carbocycles. The standard InChI is InChI=1S/C16H25NO/c1-5-17(18)10-6-7-16-9-8-15(11-13(2)3)12-14(16)4/h8-10,12-13H,5-7,11H2,1-4H3. The Kier molecular flexibility index (Phi) is 5.90. The Morgan fingerprint density at radius 3 is 2.61 bits per heavy atom. The van der Waals surface area contributed by atoms with E-state index < -0.39 is 0 Å². The average Bonchev–Trinajstić information content (AvgIpc) is 2.31. The number of hydrogen-bond acceptors (Lipinski definition) is 1. The van der Waals surface area contributed by atoms with Gasteiger partial charge in [0.05, 0.1) is 0 Å².